The number of guanidine groups is 1. The molecule has 0 aliphatic carbocycles. The third-order valence-corrected chi connectivity index (χ3v) is 4.67. The lowest BCUT2D eigenvalue weighted by atomic mass is 10.1. The van der Waals surface area contributed by atoms with Crippen LogP contribution >= 0.6 is 0 Å². The average molecular weight is 364 g/mol. The fourth-order valence-corrected chi connectivity index (χ4v) is 3.14. The Bertz CT molecular complexity index is 821. The van der Waals surface area contributed by atoms with Crippen LogP contribution in [0.1, 0.15) is 16.7 Å². The van der Waals surface area contributed by atoms with Crippen LogP contribution in [0.2, 0.25) is 0 Å². The number of ether oxygens (including phenoxy) is 1. The van der Waals surface area contributed by atoms with Crippen molar-refractivity contribution in [2.24, 2.45) is 4.99 Å². The summed E-state index contributed by atoms with van der Waals surface area (Å²) in [7, 11) is 3.49. The van der Waals surface area contributed by atoms with E-state index in [1.165, 1.54) is 16.8 Å². The minimum atomic E-state index is 0.655. The first-order valence-corrected chi connectivity index (χ1v) is 9.26. The minimum absolute atomic E-state index is 0.655. The maximum absolute atomic E-state index is 5.47. The summed E-state index contributed by atoms with van der Waals surface area (Å²) in [6, 6.07) is 14.9. The maximum atomic E-state index is 5.47. The molecule has 0 saturated carbocycles. The fraction of sp³-hybridized carbons (Fsp3) is 0.318. The predicted molar refractivity (Wildman–Crippen MR) is 113 cm³/mol. The SMILES string of the molecule is CN=C(NCc1cccc(N2CC=CC2)c1)NCc1ccc(C)cc1OC. The molecule has 0 aromatic heterocycles. The van der Waals surface area contributed by atoms with Crippen molar-refractivity contribution >= 4 is 11.6 Å². The van der Waals surface area contributed by atoms with Crippen LogP contribution in [0.5, 0.6) is 5.75 Å². The molecule has 0 bridgehead atoms. The van der Waals surface area contributed by atoms with E-state index in [0.717, 1.165) is 36.9 Å². The van der Waals surface area contributed by atoms with E-state index in [4.69, 9.17) is 4.74 Å². The Morgan fingerprint density at radius 1 is 1.07 bits per heavy atom. The van der Waals surface area contributed by atoms with Gasteiger partial charge in [-0.15, -0.1) is 0 Å². The second kappa shape index (κ2) is 9.12. The van der Waals surface area contributed by atoms with Crippen LogP contribution in [0.4, 0.5) is 5.69 Å². The van der Waals surface area contributed by atoms with Gasteiger partial charge in [-0.3, -0.25) is 4.99 Å². The van der Waals surface area contributed by atoms with Crippen molar-refractivity contribution in [1.29, 1.82) is 0 Å². The number of benzene rings is 2. The van der Waals surface area contributed by atoms with Gasteiger partial charge in [-0.1, -0.05) is 36.4 Å². The zero-order valence-corrected chi connectivity index (χ0v) is 16.3. The van der Waals surface area contributed by atoms with Crippen LogP contribution in [0.3, 0.4) is 0 Å². The molecule has 0 atom stereocenters. The zero-order chi connectivity index (χ0) is 19.1. The third-order valence-electron chi connectivity index (χ3n) is 4.67. The average Bonchev–Trinajstić information content (AvgIpc) is 3.24. The Morgan fingerprint density at radius 3 is 2.59 bits per heavy atom. The maximum Gasteiger partial charge on any atom is 0.191 e. The number of methoxy groups -OCH3 is 1. The van der Waals surface area contributed by atoms with Crippen molar-refractivity contribution in [2.45, 2.75) is 20.0 Å². The van der Waals surface area contributed by atoms with E-state index >= 15 is 0 Å². The molecule has 2 N–H and O–H groups in total. The lowest BCUT2D eigenvalue weighted by molar-refractivity contribution is 0.408. The number of nitrogens with zero attached hydrogens (tertiary/aromatic N) is 2. The number of hydrogen-bond acceptors (Lipinski definition) is 3. The van der Waals surface area contributed by atoms with Gasteiger partial charge in [0.25, 0.3) is 0 Å². The van der Waals surface area contributed by atoms with Gasteiger partial charge in [0.05, 0.1) is 7.11 Å². The van der Waals surface area contributed by atoms with E-state index in [1.54, 1.807) is 14.2 Å². The van der Waals surface area contributed by atoms with Gasteiger partial charge in [0.1, 0.15) is 5.75 Å². The van der Waals surface area contributed by atoms with E-state index in [-0.39, 0.29) is 0 Å². The Morgan fingerprint density at radius 2 is 1.85 bits per heavy atom. The Hall–Kier alpha value is -2.95. The molecule has 2 aromatic rings. The molecule has 0 radical (unpaired) electrons. The summed E-state index contributed by atoms with van der Waals surface area (Å²) in [6.07, 6.45) is 4.41. The van der Waals surface area contributed by atoms with Crippen molar-refractivity contribution in [3.63, 3.8) is 0 Å². The van der Waals surface area contributed by atoms with Gasteiger partial charge in [-0.25, -0.2) is 0 Å². The number of nitrogens with one attached hydrogen (secondary N) is 2. The van der Waals surface area contributed by atoms with Crippen LogP contribution in [0, 0.1) is 6.92 Å². The highest BCUT2D eigenvalue weighted by Crippen LogP contribution is 2.20. The highest BCUT2D eigenvalue weighted by Gasteiger charge is 2.08. The first-order valence-electron chi connectivity index (χ1n) is 9.26. The number of aryl methyl sites for hydroxylation is 1. The van der Waals surface area contributed by atoms with Crippen LogP contribution in [-0.2, 0) is 13.1 Å². The van der Waals surface area contributed by atoms with Gasteiger partial charge in [0.15, 0.2) is 5.96 Å². The summed E-state index contributed by atoms with van der Waals surface area (Å²) < 4.78 is 5.47. The molecule has 0 spiro atoms. The normalized spacial score (nSPS) is 13.7. The van der Waals surface area contributed by atoms with Crippen LogP contribution in [0.25, 0.3) is 0 Å². The van der Waals surface area contributed by atoms with Crippen molar-refractivity contribution in [2.75, 3.05) is 32.1 Å². The summed E-state index contributed by atoms with van der Waals surface area (Å²) in [5, 5.41) is 6.74. The Kier molecular flexibility index (Phi) is 6.36. The van der Waals surface area contributed by atoms with Crippen molar-refractivity contribution in [3.05, 3.63) is 71.3 Å². The molecule has 2 aromatic carbocycles. The van der Waals surface area contributed by atoms with Crippen molar-refractivity contribution in [1.82, 2.24) is 10.6 Å². The van der Waals surface area contributed by atoms with E-state index in [2.05, 4.69) is 76.0 Å². The van der Waals surface area contributed by atoms with Crippen LogP contribution in [-0.4, -0.2) is 33.2 Å². The summed E-state index contributed by atoms with van der Waals surface area (Å²) in [5.41, 5.74) is 4.78. The summed E-state index contributed by atoms with van der Waals surface area (Å²) in [4.78, 5) is 6.67. The molecule has 1 aliphatic rings. The first kappa shape index (κ1) is 18.8. The number of hydrogen-bond donors (Lipinski definition) is 2. The number of anilines is 1. The number of rotatable bonds is 6. The predicted octanol–water partition coefficient (Wildman–Crippen LogP) is 3.25. The molecule has 142 valence electrons. The highest BCUT2D eigenvalue weighted by molar-refractivity contribution is 5.79. The second-order valence-electron chi connectivity index (χ2n) is 6.64. The molecule has 0 fully saturated rings. The van der Waals surface area contributed by atoms with Crippen LogP contribution < -0.4 is 20.3 Å². The minimum Gasteiger partial charge on any atom is -0.496 e. The Labute approximate surface area is 161 Å². The second-order valence-corrected chi connectivity index (χ2v) is 6.64. The summed E-state index contributed by atoms with van der Waals surface area (Å²) in [6.45, 7) is 5.41. The number of aliphatic imine (C=N–C) groups is 1. The van der Waals surface area contributed by atoms with Gasteiger partial charge in [-0.05, 0) is 36.2 Å². The smallest absolute Gasteiger partial charge is 0.191 e. The molecular formula is C22H28N4O. The largest absolute Gasteiger partial charge is 0.496 e. The molecule has 0 unspecified atom stereocenters. The lowest BCUT2D eigenvalue weighted by Gasteiger charge is -2.19. The lowest BCUT2D eigenvalue weighted by Crippen LogP contribution is -2.36. The van der Waals surface area contributed by atoms with Gasteiger partial charge in [-0.2, -0.15) is 0 Å². The first-order chi connectivity index (χ1) is 13.2. The molecule has 0 saturated heterocycles. The molecule has 27 heavy (non-hydrogen) atoms. The standard InChI is InChI=1S/C22H28N4O/c1-17-9-10-19(21(13-17)27-3)16-25-22(23-2)24-15-18-7-6-8-20(14-18)26-11-4-5-12-26/h4-10,13-14H,11-12,15-16H2,1-3H3,(H2,23,24,25). The molecule has 0 amide bonds. The molecular weight excluding hydrogens is 336 g/mol. The summed E-state index contributed by atoms with van der Waals surface area (Å²) >= 11 is 0. The topological polar surface area (TPSA) is 48.9 Å². The monoisotopic (exact) mass is 364 g/mol. The Balaban J connectivity index is 1.56. The van der Waals surface area contributed by atoms with Gasteiger partial charge >= 0.3 is 0 Å². The van der Waals surface area contributed by atoms with Gasteiger partial charge in [0, 0.05) is 44.5 Å². The quantitative estimate of drug-likeness (QED) is 0.469. The van der Waals surface area contributed by atoms with E-state index in [1.807, 2.05) is 6.07 Å². The van der Waals surface area contributed by atoms with E-state index in [0.29, 0.717) is 6.54 Å². The summed E-state index contributed by atoms with van der Waals surface area (Å²) in [5.74, 6) is 1.66. The van der Waals surface area contributed by atoms with Gasteiger partial charge < -0.3 is 20.3 Å². The molecule has 5 nitrogen and oxygen atoms in total. The van der Waals surface area contributed by atoms with Gasteiger partial charge in [0.2, 0.25) is 0 Å². The fourth-order valence-electron chi connectivity index (χ4n) is 3.14. The molecule has 3 rings (SSSR count). The highest BCUT2D eigenvalue weighted by atomic mass is 16.5. The molecule has 5 heteroatoms. The third kappa shape index (κ3) is 5.03. The zero-order valence-electron chi connectivity index (χ0n) is 16.3. The van der Waals surface area contributed by atoms with E-state index in [9.17, 15) is 0 Å². The van der Waals surface area contributed by atoms with Crippen molar-refractivity contribution in [3.8, 4) is 5.75 Å². The van der Waals surface area contributed by atoms with Crippen molar-refractivity contribution < 1.29 is 4.74 Å². The molecule has 1 heterocycles. The molecule has 1 aliphatic heterocycles. The van der Waals surface area contributed by atoms with E-state index < -0.39 is 0 Å². The van der Waals surface area contributed by atoms with Crippen LogP contribution in [0.15, 0.2) is 59.6 Å².